The molecule has 1 rings (SSSR count). The van der Waals surface area contributed by atoms with Gasteiger partial charge in [-0.05, 0) is 17.7 Å². The van der Waals surface area contributed by atoms with Crippen molar-refractivity contribution in [1.82, 2.24) is 0 Å². The van der Waals surface area contributed by atoms with Crippen LogP contribution in [0.5, 0.6) is 0 Å². The van der Waals surface area contributed by atoms with Crippen molar-refractivity contribution < 1.29 is 8.78 Å². The minimum atomic E-state index is -0.767. The van der Waals surface area contributed by atoms with Gasteiger partial charge < -0.3 is 5.73 Å². The Morgan fingerprint density at radius 3 is 2.67 bits per heavy atom. The van der Waals surface area contributed by atoms with Crippen molar-refractivity contribution in [3.63, 3.8) is 0 Å². The van der Waals surface area contributed by atoms with E-state index < -0.39 is 18.5 Å². The number of hydrogen-bond donors (Lipinski definition) is 1. The molecule has 1 aromatic carbocycles. The lowest BCUT2D eigenvalue weighted by Crippen LogP contribution is -2.12. The molecule has 4 heteroatoms. The summed E-state index contributed by atoms with van der Waals surface area (Å²) in [5.41, 5.74) is 5.74. The fourth-order valence-corrected chi connectivity index (χ4v) is 0.950. The number of hydrogen-bond acceptors (Lipinski definition) is 1. The minimum Gasteiger partial charge on any atom is -0.322 e. The van der Waals surface area contributed by atoms with Crippen LogP contribution in [0.25, 0.3) is 0 Å². The molecule has 2 N–H and O–H groups in total. The third-order valence-corrected chi connectivity index (χ3v) is 1.84. The van der Waals surface area contributed by atoms with Crippen LogP contribution >= 0.6 is 11.6 Å². The summed E-state index contributed by atoms with van der Waals surface area (Å²) < 4.78 is 24.8. The topological polar surface area (TPSA) is 26.0 Å². The molecule has 1 aromatic rings. The Kier molecular flexibility index (Phi) is 3.00. The normalized spacial score (nSPS) is 13.0. The second-order valence-electron chi connectivity index (χ2n) is 2.43. The molecule has 0 amide bonds. The second kappa shape index (κ2) is 3.83. The molecule has 0 aliphatic rings. The lowest BCUT2D eigenvalue weighted by atomic mass is 10.1. The van der Waals surface area contributed by atoms with Gasteiger partial charge >= 0.3 is 0 Å². The molecular weight excluding hydrogens is 184 g/mol. The van der Waals surface area contributed by atoms with Crippen molar-refractivity contribution in [2.75, 3.05) is 6.67 Å². The third-order valence-electron chi connectivity index (χ3n) is 1.54. The molecule has 0 unspecified atom stereocenters. The first-order valence-corrected chi connectivity index (χ1v) is 3.79. The minimum absolute atomic E-state index is 0.0183. The standard InChI is InChI=1S/C8H8ClF2N/c9-6-2-1-5(3-7(6)11)8(12)4-10/h1-3,8H,4,12H2/t8-/m1/s1. The first-order valence-electron chi connectivity index (χ1n) is 3.41. The molecule has 0 radical (unpaired) electrons. The summed E-state index contributed by atoms with van der Waals surface area (Å²) in [6.45, 7) is -0.707. The molecule has 1 nitrogen and oxygen atoms in total. The fraction of sp³-hybridized carbons (Fsp3) is 0.250. The molecule has 0 aliphatic heterocycles. The van der Waals surface area contributed by atoms with E-state index in [2.05, 4.69) is 0 Å². The van der Waals surface area contributed by atoms with Gasteiger partial charge in [0.2, 0.25) is 0 Å². The molecule has 0 aliphatic carbocycles. The van der Waals surface area contributed by atoms with Crippen molar-refractivity contribution in [3.8, 4) is 0 Å². The average molecular weight is 192 g/mol. The van der Waals surface area contributed by atoms with E-state index in [1.54, 1.807) is 0 Å². The zero-order valence-corrected chi connectivity index (χ0v) is 6.98. The fourth-order valence-electron chi connectivity index (χ4n) is 0.832. The largest absolute Gasteiger partial charge is 0.322 e. The molecule has 0 saturated heterocycles. The van der Waals surface area contributed by atoms with Crippen LogP contribution < -0.4 is 5.73 Å². The molecule has 66 valence electrons. The van der Waals surface area contributed by atoms with Crippen LogP contribution in [0.1, 0.15) is 11.6 Å². The summed E-state index contributed by atoms with van der Waals surface area (Å²) in [6.07, 6.45) is 0. The van der Waals surface area contributed by atoms with Gasteiger partial charge in [-0.15, -0.1) is 0 Å². The molecule has 0 saturated carbocycles. The van der Waals surface area contributed by atoms with E-state index in [1.807, 2.05) is 0 Å². The van der Waals surface area contributed by atoms with Gasteiger partial charge in [-0.2, -0.15) is 0 Å². The number of halogens is 3. The predicted octanol–water partition coefficient (Wildman–Crippen LogP) is 2.45. The van der Waals surface area contributed by atoms with Gasteiger partial charge in [-0.25, -0.2) is 8.78 Å². The van der Waals surface area contributed by atoms with E-state index in [0.717, 1.165) is 6.07 Å². The van der Waals surface area contributed by atoms with Crippen molar-refractivity contribution in [3.05, 3.63) is 34.6 Å². The molecule has 0 bridgehead atoms. The van der Waals surface area contributed by atoms with E-state index in [-0.39, 0.29) is 5.02 Å². The van der Waals surface area contributed by atoms with Crippen molar-refractivity contribution >= 4 is 11.6 Å². The van der Waals surface area contributed by atoms with Crippen LogP contribution in [-0.2, 0) is 0 Å². The highest BCUT2D eigenvalue weighted by Crippen LogP contribution is 2.19. The third kappa shape index (κ3) is 1.93. The Morgan fingerprint density at radius 1 is 1.50 bits per heavy atom. The highest BCUT2D eigenvalue weighted by Gasteiger charge is 2.07. The van der Waals surface area contributed by atoms with Gasteiger partial charge in [-0.1, -0.05) is 17.7 Å². The van der Waals surface area contributed by atoms with Gasteiger partial charge in [0.15, 0.2) is 0 Å². The molecule has 12 heavy (non-hydrogen) atoms. The smallest absolute Gasteiger partial charge is 0.142 e. The Morgan fingerprint density at radius 2 is 2.17 bits per heavy atom. The summed E-state index contributed by atoms with van der Waals surface area (Å²) in [5, 5.41) is 0.0183. The van der Waals surface area contributed by atoms with Gasteiger partial charge in [0, 0.05) is 0 Å². The van der Waals surface area contributed by atoms with Crippen LogP contribution in [0.2, 0.25) is 5.02 Å². The molecule has 0 spiro atoms. The summed E-state index contributed by atoms with van der Waals surface area (Å²) in [6, 6.07) is 3.25. The van der Waals surface area contributed by atoms with E-state index in [0.29, 0.717) is 5.56 Å². The molecule has 0 aromatic heterocycles. The Labute approximate surface area is 74.1 Å². The van der Waals surface area contributed by atoms with Crippen LogP contribution in [0.4, 0.5) is 8.78 Å². The molecule has 0 heterocycles. The SMILES string of the molecule is N[C@H](CF)c1ccc(Cl)c(F)c1. The zero-order valence-electron chi connectivity index (χ0n) is 6.23. The zero-order chi connectivity index (χ0) is 9.14. The van der Waals surface area contributed by atoms with Crippen LogP contribution in [-0.4, -0.2) is 6.67 Å². The Balaban J connectivity index is 2.96. The Hall–Kier alpha value is -0.670. The van der Waals surface area contributed by atoms with E-state index in [1.165, 1.54) is 12.1 Å². The molecular formula is C8H8ClF2N. The van der Waals surface area contributed by atoms with Gasteiger partial charge in [0.1, 0.15) is 12.5 Å². The number of nitrogens with two attached hydrogens (primary N) is 1. The maximum Gasteiger partial charge on any atom is 0.142 e. The van der Waals surface area contributed by atoms with Gasteiger partial charge in [-0.3, -0.25) is 0 Å². The summed E-state index contributed by atoms with van der Waals surface area (Å²) in [7, 11) is 0. The van der Waals surface area contributed by atoms with Crippen molar-refractivity contribution in [2.45, 2.75) is 6.04 Å². The summed E-state index contributed by atoms with van der Waals surface area (Å²) in [4.78, 5) is 0. The maximum atomic E-state index is 12.8. The quantitative estimate of drug-likeness (QED) is 0.764. The van der Waals surface area contributed by atoms with Gasteiger partial charge in [0.25, 0.3) is 0 Å². The predicted molar refractivity (Wildman–Crippen MR) is 44.3 cm³/mol. The first kappa shape index (κ1) is 9.42. The first-order chi connectivity index (χ1) is 5.65. The van der Waals surface area contributed by atoms with Crippen LogP contribution in [0.15, 0.2) is 18.2 Å². The van der Waals surface area contributed by atoms with E-state index in [9.17, 15) is 8.78 Å². The highest BCUT2D eigenvalue weighted by atomic mass is 35.5. The molecule has 1 atom stereocenters. The number of rotatable bonds is 2. The van der Waals surface area contributed by atoms with Crippen LogP contribution in [0, 0.1) is 5.82 Å². The van der Waals surface area contributed by atoms with E-state index in [4.69, 9.17) is 17.3 Å². The number of alkyl halides is 1. The van der Waals surface area contributed by atoms with Crippen molar-refractivity contribution in [2.24, 2.45) is 5.73 Å². The Bertz CT molecular complexity index is 278. The highest BCUT2D eigenvalue weighted by molar-refractivity contribution is 6.30. The summed E-state index contributed by atoms with van der Waals surface area (Å²) >= 11 is 5.42. The second-order valence-corrected chi connectivity index (χ2v) is 2.84. The number of benzene rings is 1. The van der Waals surface area contributed by atoms with Crippen molar-refractivity contribution in [1.29, 1.82) is 0 Å². The van der Waals surface area contributed by atoms with Crippen LogP contribution in [0.3, 0.4) is 0 Å². The lowest BCUT2D eigenvalue weighted by molar-refractivity contribution is 0.436. The maximum absolute atomic E-state index is 12.8. The lowest BCUT2D eigenvalue weighted by Gasteiger charge is -2.06. The molecule has 0 fully saturated rings. The summed E-state index contributed by atoms with van der Waals surface area (Å²) in [5.74, 6) is -0.571. The van der Waals surface area contributed by atoms with E-state index >= 15 is 0 Å². The van der Waals surface area contributed by atoms with Gasteiger partial charge in [0.05, 0.1) is 11.1 Å². The average Bonchev–Trinajstić information content (AvgIpc) is 2.08. The monoisotopic (exact) mass is 191 g/mol.